The van der Waals surface area contributed by atoms with Crippen molar-refractivity contribution in [2.75, 3.05) is 5.75 Å². The van der Waals surface area contributed by atoms with Gasteiger partial charge in [0, 0.05) is 16.6 Å². The zero-order chi connectivity index (χ0) is 10.3. The second kappa shape index (κ2) is 3.28. The lowest BCUT2D eigenvalue weighted by Gasteiger charge is -2.25. The lowest BCUT2D eigenvalue weighted by Crippen LogP contribution is -2.28. The van der Waals surface area contributed by atoms with Gasteiger partial charge in [0.05, 0.1) is 5.60 Å². The Bertz CT molecular complexity index is 352. The number of fused-ring (bicyclic) bond motifs is 1. The first-order valence-electron chi connectivity index (χ1n) is 4.94. The maximum Gasteiger partial charge on any atom is 0.0668 e. The fourth-order valence-corrected chi connectivity index (χ4v) is 3.38. The van der Waals surface area contributed by atoms with Crippen LogP contribution in [0.1, 0.15) is 30.9 Å². The molecule has 1 aliphatic heterocycles. The van der Waals surface area contributed by atoms with E-state index in [4.69, 9.17) is 0 Å². The predicted octanol–water partition coefficient (Wildman–Crippen LogP) is 2.96. The lowest BCUT2D eigenvalue weighted by atomic mass is 9.86. The van der Waals surface area contributed by atoms with Crippen LogP contribution in [0.4, 0.5) is 0 Å². The minimum absolute atomic E-state index is 0.280. The van der Waals surface area contributed by atoms with Gasteiger partial charge in [0.25, 0.3) is 0 Å². The van der Waals surface area contributed by atoms with Crippen molar-refractivity contribution in [3.8, 4) is 0 Å². The first-order chi connectivity index (χ1) is 6.48. The van der Waals surface area contributed by atoms with E-state index in [2.05, 4.69) is 25.1 Å². The number of aliphatic hydroxyl groups is 1. The molecule has 0 fully saturated rings. The van der Waals surface area contributed by atoms with Crippen LogP contribution in [0, 0.1) is 6.92 Å². The highest BCUT2D eigenvalue weighted by atomic mass is 32.2. The van der Waals surface area contributed by atoms with Crippen molar-refractivity contribution in [1.82, 2.24) is 0 Å². The molecule has 14 heavy (non-hydrogen) atoms. The molecule has 2 heteroatoms. The molecule has 1 N–H and O–H groups in total. The molecule has 1 unspecified atom stereocenters. The van der Waals surface area contributed by atoms with Crippen molar-refractivity contribution in [3.05, 3.63) is 29.3 Å². The van der Waals surface area contributed by atoms with Crippen LogP contribution in [0.5, 0.6) is 0 Å². The number of thioether (sulfide) groups is 1. The molecule has 0 saturated heterocycles. The van der Waals surface area contributed by atoms with Crippen molar-refractivity contribution >= 4 is 11.8 Å². The molecular formula is C12H16OS. The smallest absolute Gasteiger partial charge is 0.0668 e. The Hall–Kier alpha value is -0.470. The number of hydrogen-bond acceptors (Lipinski definition) is 2. The van der Waals surface area contributed by atoms with Crippen LogP contribution >= 0.6 is 11.8 Å². The summed E-state index contributed by atoms with van der Waals surface area (Å²) in [5.74, 6) is 1.28. The second-order valence-corrected chi connectivity index (χ2v) is 5.62. The minimum Gasteiger partial charge on any atom is -0.390 e. The van der Waals surface area contributed by atoms with E-state index in [9.17, 15) is 5.11 Å². The zero-order valence-electron chi connectivity index (χ0n) is 8.87. The first kappa shape index (κ1) is 10.1. The largest absolute Gasteiger partial charge is 0.390 e. The molecule has 1 atom stereocenters. The summed E-state index contributed by atoms with van der Waals surface area (Å²) in [5.41, 5.74) is 1.99. The number of hydrogen-bond donors (Lipinski definition) is 1. The molecule has 76 valence electrons. The van der Waals surface area contributed by atoms with E-state index in [1.807, 2.05) is 25.6 Å². The number of benzene rings is 1. The van der Waals surface area contributed by atoms with Crippen LogP contribution in [0.2, 0.25) is 0 Å². The molecule has 1 aliphatic rings. The summed E-state index contributed by atoms with van der Waals surface area (Å²) in [5, 5.41) is 10.0. The quantitative estimate of drug-likeness (QED) is 0.765. The Balaban J connectivity index is 2.43. The summed E-state index contributed by atoms with van der Waals surface area (Å²) in [4.78, 5) is 1.34. The van der Waals surface area contributed by atoms with Gasteiger partial charge in [0.15, 0.2) is 0 Å². The van der Waals surface area contributed by atoms with Crippen LogP contribution in [0.15, 0.2) is 23.1 Å². The van der Waals surface area contributed by atoms with Crippen molar-refractivity contribution in [3.63, 3.8) is 0 Å². The molecule has 1 heterocycles. The molecule has 1 nitrogen and oxygen atoms in total. The van der Waals surface area contributed by atoms with Gasteiger partial charge in [-0.05, 0) is 32.4 Å². The topological polar surface area (TPSA) is 20.2 Å². The summed E-state index contributed by atoms with van der Waals surface area (Å²) in [6.45, 7) is 5.90. The average molecular weight is 208 g/mol. The standard InChI is InChI=1S/C12H16OS/c1-8-4-5-11-9(6-8)10(7-14-11)12(2,3)13/h4-6,10,13H,7H2,1-3H3. The minimum atomic E-state index is -0.605. The molecule has 0 radical (unpaired) electrons. The van der Waals surface area contributed by atoms with Crippen LogP contribution in [0.3, 0.4) is 0 Å². The van der Waals surface area contributed by atoms with Crippen LogP contribution in [-0.4, -0.2) is 16.5 Å². The van der Waals surface area contributed by atoms with Crippen LogP contribution in [-0.2, 0) is 0 Å². The van der Waals surface area contributed by atoms with Gasteiger partial charge in [0.2, 0.25) is 0 Å². The molecule has 1 aromatic rings. The Morgan fingerprint density at radius 2 is 2.14 bits per heavy atom. The van der Waals surface area contributed by atoms with Gasteiger partial charge in [-0.2, -0.15) is 0 Å². The SMILES string of the molecule is Cc1ccc2c(c1)C(C(C)(C)O)CS2. The zero-order valence-corrected chi connectivity index (χ0v) is 9.69. The third-order valence-corrected chi connectivity index (χ3v) is 3.98. The predicted molar refractivity (Wildman–Crippen MR) is 60.9 cm³/mol. The summed E-state index contributed by atoms with van der Waals surface area (Å²) in [7, 11) is 0. The van der Waals surface area contributed by atoms with Gasteiger partial charge < -0.3 is 5.11 Å². The van der Waals surface area contributed by atoms with Gasteiger partial charge in [-0.25, -0.2) is 0 Å². The van der Waals surface area contributed by atoms with Crippen LogP contribution in [0.25, 0.3) is 0 Å². The van der Waals surface area contributed by atoms with E-state index in [0.717, 1.165) is 5.75 Å². The highest BCUT2D eigenvalue weighted by Crippen LogP contribution is 2.44. The molecule has 0 saturated carbocycles. The maximum absolute atomic E-state index is 10.0. The molecule has 0 aliphatic carbocycles. The normalized spacial score (nSPS) is 21.0. The van der Waals surface area contributed by atoms with E-state index in [1.165, 1.54) is 16.0 Å². The fraction of sp³-hybridized carbons (Fsp3) is 0.500. The Labute approximate surface area is 89.5 Å². The third kappa shape index (κ3) is 1.69. The van der Waals surface area contributed by atoms with E-state index in [-0.39, 0.29) is 5.92 Å². The van der Waals surface area contributed by atoms with Gasteiger partial charge in [-0.3, -0.25) is 0 Å². The Morgan fingerprint density at radius 1 is 1.43 bits per heavy atom. The molecular weight excluding hydrogens is 192 g/mol. The Kier molecular flexibility index (Phi) is 2.36. The second-order valence-electron chi connectivity index (χ2n) is 4.56. The van der Waals surface area contributed by atoms with E-state index < -0.39 is 5.60 Å². The van der Waals surface area contributed by atoms with Crippen molar-refractivity contribution in [1.29, 1.82) is 0 Å². The lowest BCUT2D eigenvalue weighted by molar-refractivity contribution is 0.0578. The maximum atomic E-state index is 10.0. The molecule has 1 aromatic carbocycles. The molecule has 0 bridgehead atoms. The summed E-state index contributed by atoms with van der Waals surface area (Å²) in [6.07, 6.45) is 0. The first-order valence-corrected chi connectivity index (χ1v) is 5.93. The van der Waals surface area contributed by atoms with Gasteiger partial charge >= 0.3 is 0 Å². The van der Waals surface area contributed by atoms with Crippen molar-refractivity contribution in [2.24, 2.45) is 0 Å². The molecule has 2 rings (SSSR count). The van der Waals surface area contributed by atoms with Gasteiger partial charge in [-0.15, -0.1) is 11.8 Å². The Morgan fingerprint density at radius 3 is 2.79 bits per heavy atom. The van der Waals surface area contributed by atoms with Crippen molar-refractivity contribution in [2.45, 2.75) is 37.2 Å². The summed E-state index contributed by atoms with van der Waals surface area (Å²) >= 11 is 1.85. The highest BCUT2D eigenvalue weighted by Gasteiger charge is 2.34. The van der Waals surface area contributed by atoms with E-state index in [1.54, 1.807) is 0 Å². The van der Waals surface area contributed by atoms with Gasteiger partial charge in [-0.1, -0.05) is 17.7 Å². The molecule has 0 aromatic heterocycles. The fourth-order valence-electron chi connectivity index (χ4n) is 1.92. The van der Waals surface area contributed by atoms with E-state index in [0.29, 0.717) is 0 Å². The highest BCUT2D eigenvalue weighted by molar-refractivity contribution is 7.99. The van der Waals surface area contributed by atoms with Gasteiger partial charge in [0.1, 0.15) is 0 Å². The molecule has 0 spiro atoms. The van der Waals surface area contributed by atoms with E-state index >= 15 is 0 Å². The molecule has 0 amide bonds. The van der Waals surface area contributed by atoms with Crippen LogP contribution < -0.4 is 0 Å². The average Bonchev–Trinajstić information content (AvgIpc) is 2.45. The van der Waals surface area contributed by atoms with Crippen molar-refractivity contribution < 1.29 is 5.11 Å². The summed E-state index contributed by atoms with van der Waals surface area (Å²) in [6, 6.07) is 6.51. The number of aryl methyl sites for hydroxylation is 1. The summed E-state index contributed by atoms with van der Waals surface area (Å²) < 4.78 is 0. The number of rotatable bonds is 1. The third-order valence-electron chi connectivity index (χ3n) is 2.80. The monoisotopic (exact) mass is 208 g/mol.